The van der Waals surface area contributed by atoms with Crippen molar-refractivity contribution in [1.29, 1.82) is 0 Å². The molecule has 1 rings (SSSR count). The predicted molar refractivity (Wildman–Crippen MR) is 220 cm³/mol. The number of methoxy groups -OCH3 is 1. The topological polar surface area (TPSA) is 254 Å². The number of nitrogens with zero attached hydrogens (tertiary/aromatic N) is 2. The van der Waals surface area contributed by atoms with Crippen molar-refractivity contribution in [3.8, 4) is 0 Å². The molecule has 0 aliphatic heterocycles. The number of rotatable bonds is 25. The molecule has 1 aromatic carbocycles. The van der Waals surface area contributed by atoms with E-state index < -0.39 is 54.1 Å². The van der Waals surface area contributed by atoms with Gasteiger partial charge in [0.2, 0.25) is 23.6 Å². The smallest absolute Gasteiger partial charge is 0.410 e. The largest absolute Gasteiger partial charge is 0.445 e. The maximum atomic E-state index is 13.8. The Labute approximate surface area is 339 Å². The summed E-state index contributed by atoms with van der Waals surface area (Å²) in [5.74, 6) is -1.87. The predicted octanol–water partition coefficient (Wildman–Crippen LogP) is 2.51. The van der Waals surface area contributed by atoms with Gasteiger partial charge in [-0.05, 0) is 61.3 Å². The molecule has 10 N–H and O–H groups in total. The molecule has 0 heterocycles. The van der Waals surface area contributed by atoms with E-state index in [1.165, 1.54) is 11.9 Å². The summed E-state index contributed by atoms with van der Waals surface area (Å²) in [5.41, 5.74) is 17.7. The van der Waals surface area contributed by atoms with Crippen molar-refractivity contribution in [2.75, 3.05) is 39.6 Å². The van der Waals surface area contributed by atoms with E-state index in [1.807, 2.05) is 34.7 Å². The molecule has 0 bridgehead atoms. The summed E-state index contributed by atoms with van der Waals surface area (Å²) in [6.45, 7) is 16.1. The molecule has 0 aliphatic carbocycles. The maximum absolute atomic E-state index is 13.8. The van der Waals surface area contributed by atoms with Gasteiger partial charge in [-0.15, -0.1) is 0 Å². The number of nitrogens with two attached hydrogens (primary N) is 3. The van der Waals surface area contributed by atoms with E-state index in [4.69, 9.17) is 26.7 Å². The first-order valence-electron chi connectivity index (χ1n) is 19.8. The first-order chi connectivity index (χ1) is 26.6. The molecule has 0 saturated carbocycles. The number of primary amides is 2. The molecular weight excluding hydrogens is 734 g/mol. The molecule has 17 nitrogen and oxygen atoms in total. The minimum atomic E-state index is -0.922. The maximum Gasteiger partial charge on any atom is 0.410 e. The Hall–Kier alpha value is -4.48. The highest BCUT2D eigenvalue weighted by molar-refractivity contribution is 5.97. The zero-order chi connectivity index (χ0) is 43.6. The molecule has 0 fully saturated rings. The Morgan fingerprint density at radius 2 is 1.44 bits per heavy atom. The average molecular weight is 806 g/mol. The molecular formula is C40H71N9O8. The van der Waals surface area contributed by atoms with Crippen molar-refractivity contribution in [3.63, 3.8) is 0 Å². The van der Waals surface area contributed by atoms with E-state index in [-0.39, 0.29) is 67.7 Å². The van der Waals surface area contributed by atoms with Crippen LogP contribution in [0.4, 0.5) is 15.3 Å². The summed E-state index contributed by atoms with van der Waals surface area (Å²) < 4.78 is 11.3. The van der Waals surface area contributed by atoms with Crippen molar-refractivity contribution in [1.82, 2.24) is 25.8 Å². The van der Waals surface area contributed by atoms with Crippen LogP contribution in [0, 0.1) is 23.7 Å². The van der Waals surface area contributed by atoms with Gasteiger partial charge in [-0.3, -0.25) is 29.0 Å². The number of hydrogen-bond acceptors (Lipinski definition) is 10. The van der Waals surface area contributed by atoms with Gasteiger partial charge < -0.3 is 47.9 Å². The Kier molecular flexibility index (Phi) is 22.2. The zero-order valence-corrected chi connectivity index (χ0v) is 35.9. The van der Waals surface area contributed by atoms with Crippen molar-refractivity contribution in [2.24, 2.45) is 40.9 Å². The van der Waals surface area contributed by atoms with E-state index >= 15 is 0 Å². The Balaban J connectivity index is 2.99. The van der Waals surface area contributed by atoms with Gasteiger partial charge in [-0.25, -0.2) is 9.59 Å². The second-order valence-electron chi connectivity index (χ2n) is 15.9. The van der Waals surface area contributed by atoms with Gasteiger partial charge in [0.05, 0.1) is 18.6 Å². The summed E-state index contributed by atoms with van der Waals surface area (Å²) in [7, 11) is 5.05. The van der Waals surface area contributed by atoms with Crippen LogP contribution in [0.5, 0.6) is 0 Å². The van der Waals surface area contributed by atoms with Crippen LogP contribution >= 0.6 is 0 Å². The monoisotopic (exact) mass is 806 g/mol. The lowest BCUT2D eigenvalue weighted by Crippen LogP contribution is -2.57. The number of hydrogen-bond donors (Lipinski definition) is 7. The molecule has 17 heteroatoms. The molecule has 0 aliphatic rings. The molecule has 7 amide bonds. The van der Waals surface area contributed by atoms with Crippen molar-refractivity contribution in [2.45, 2.75) is 124 Å². The third-order valence-corrected chi connectivity index (χ3v) is 10.3. The number of urea groups is 1. The number of benzene rings is 1. The quantitative estimate of drug-likeness (QED) is 0.0711. The molecule has 57 heavy (non-hydrogen) atoms. The molecule has 0 saturated heterocycles. The van der Waals surface area contributed by atoms with Gasteiger partial charge in [0.1, 0.15) is 18.7 Å². The van der Waals surface area contributed by atoms with Gasteiger partial charge in [0.25, 0.3) is 0 Å². The molecule has 1 aromatic rings. The van der Waals surface area contributed by atoms with Crippen LogP contribution in [0.2, 0.25) is 0 Å². The first-order valence-corrected chi connectivity index (χ1v) is 19.8. The van der Waals surface area contributed by atoms with E-state index in [2.05, 4.69) is 40.0 Å². The van der Waals surface area contributed by atoms with Gasteiger partial charge in [-0.2, -0.15) is 0 Å². The lowest BCUT2D eigenvalue weighted by atomic mass is 9.90. The number of anilines is 1. The van der Waals surface area contributed by atoms with Crippen LogP contribution in [0.15, 0.2) is 24.3 Å². The normalized spacial score (nSPS) is 15.2. The SMILES string of the molecule is CC[C@H](C)[C@@H]([C@@H](CC(N)=O)OC)N(C)C[C@@H](NC(=O)[C@H](C(C)C)N(C)C(=O)OCc1ccc(NC(=O)[C@H](CCCNC(N)=O)NC(=O)[C@@H](N)C(C)C)cc1)C(C)C. The lowest BCUT2D eigenvalue weighted by molar-refractivity contribution is -0.128. The fraction of sp³-hybridized carbons (Fsp3) is 0.700. The Bertz CT molecular complexity index is 1440. The molecule has 0 spiro atoms. The van der Waals surface area contributed by atoms with Crippen LogP contribution in [0.25, 0.3) is 0 Å². The standard InChI is InChI=1S/C40H71N9O8/c1-12-26(8)35(31(56-11)20-32(41)50)48(9)21-30(23(2)3)47-38(53)34(25(6)7)49(10)40(55)57-22-27-15-17-28(18-16-27)45-36(51)29(14-13-19-44-39(43)54)46-37(52)33(42)24(4)5/h15-18,23-26,29-31,33-35H,12-14,19-22,42H2,1-11H3,(H2,41,50)(H,45,51)(H,46,52)(H,47,53)(H3,43,44,54)/t26-,29-,30+,31+,33-,34-,35-/m0/s1. The lowest BCUT2D eigenvalue weighted by Gasteiger charge is -2.40. The number of carbonyl (C=O) groups excluding carboxylic acids is 6. The Morgan fingerprint density at radius 3 is 1.93 bits per heavy atom. The number of carbonyl (C=O) groups is 6. The van der Waals surface area contributed by atoms with Crippen LogP contribution in [0.3, 0.4) is 0 Å². The van der Waals surface area contributed by atoms with Gasteiger partial charge in [0, 0.05) is 45.0 Å². The van der Waals surface area contributed by atoms with Crippen LogP contribution in [-0.4, -0.2) is 116 Å². The second kappa shape index (κ2) is 25.0. The number of nitrogens with one attached hydrogen (secondary N) is 4. The van der Waals surface area contributed by atoms with E-state index in [1.54, 1.807) is 45.2 Å². The van der Waals surface area contributed by atoms with Crippen LogP contribution in [0.1, 0.15) is 86.6 Å². The van der Waals surface area contributed by atoms with Gasteiger partial charge >= 0.3 is 12.1 Å². The fourth-order valence-electron chi connectivity index (χ4n) is 6.55. The Morgan fingerprint density at radius 1 is 0.825 bits per heavy atom. The van der Waals surface area contributed by atoms with Crippen molar-refractivity contribution < 1.29 is 38.2 Å². The van der Waals surface area contributed by atoms with E-state index in [9.17, 15) is 28.8 Å². The minimum absolute atomic E-state index is 0.0438. The third-order valence-electron chi connectivity index (χ3n) is 10.3. The number of likely N-dealkylation sites (N-methyl/N-ethyl adjacent to an activating group) is 2. The zero-order valence-electron chi connectivity index (χ0n) is 35.9. The van der Waals surface area contributed by atoms with Crippen LogP contribution < -0.4 is 38.5 Å². The highest BCUT2D eigenvalue weighted by Crippen LogP contribution is 2.23. The summed E-state index contributed by atoms with van der Waals surface area (Å²) >= 11 is 0. The highest BCUT2D eigenvalue weighted by Gasteiger charge is 2.36. The van der Waals surface area contributed by atoms with Crippen LogP contribution in [-0.2, 0) is 35.3 Å². The minimum Gasteiger partial charge on any atom is -0.445 e. The third kappa shape index (κ3) is 17.3. The number of amides is 7. The summed E-state index contributed by atoms with van der Waals surface area (Å²) in [6, 6.07) is 2.98. The summed E-state index contributed by atoms with van der Waals surface area (Å²) in [6.07, 6.45) is 0.426. The molecule has 324 valence electrons. The molecule has 0 unspecified atom stereocenters. The molecule has 0 aromatic heterocycles. The van der Waals surface area contributed by atoms with E-state index in [0.717, 1.165) is 6.42 Å². The van der Waals surface area contributed by atoms with E-state index in [0.29, 0.717) is 24.2 Å². The summed E-state index contributed by atoms with van der Waals surface area (Å²) in [5, 5.41) is 11.1. The first kappa shape index (κ1) is 50.5. The van der Waals surface area contributed by atoms with Crippen molar-refractivity contribution >= 4 is 41.4 Å². The van der Waals surface area contributed by atoms with Gasteiger partial charge in [0.15, 0.2) is 0 Å². The second-order valence-corrected chi connectivity index (χ2v) is 15.9. The van der Waals surface area contributed by atoms with Crippen molar-refractivity contribution in [3.05, 3.63) is 29.8 Å². The molecule has 7 atom stereocenters. The fourth-order valence-corrected chi connectivity index (χ4v) is 6.55. The summed E-state index contributed by atoms with van der Waals surface area (Å²) in [4.78, 5) is 79.3. The average Bonchev–Trinajstić information content (AvgIpc) is 3.13. The van der Waals surface area contributed by atoms with Gasteiger partial charge in [-0.1, -0.05) is 73.9 Å². The molecule has 0 radical (unpaired) electrons. The highest BCUT2D eigenvalue weighted by atomic mass is 16.6. The number of ether oxygens (including phenoxy) is 2.